The Bertz CT molecular complexity index is 1340. The summed E-state index contributed by atoms with van der Waals surface area (Å²) in [5.74, 6) is 1.28. The summed E-state index contributed by atoms with van der Waals surface area (Å²) in [7, 11) is 3.10. The van der Waals surface area contributed by atoms with E-state index >= 15 is 0 Å². The van der Waals surface area contributed by atoms with Crippen LogP contribution in [0.5, 0.6) is 17.2 Å². The van der Waals surface area contributed by atoms with E-state index in [1.54, 1.807) is 55.6 Å². The standard InChI is InChI=1S/C27H22BrN3O4/c1-33-23-9-8-20(26(13-23)34-2)16-31-27(32)22(15-30)11-18-7-10-25(24(28)12-18)35-17-21-6-4-3-5-19(21)14-29/h3-13H,16-17H2,1-2H3,(H,31,32)/b22-11+. The molecule has 0 spiro atoms. The van der Waals surface area contributed by atoms with Crippen LogP contribution in [0.4, 0.5) is 0 Å². The fourth-order valence-corrected chi connectivity index (χ4v) is 3.73. The fourth-order valence-electron chi connectivity index (χ4n) is 3.22. The molecule has 1 amide bonds. The van der Waals surface area contributed by atoms with Gasteiger partial charge in [-0.25, -0.2) is 0 Å². The van der Waals surface area contributed by atoms with Crippen LogP contribution >= 0.6 is 15.9 Å². The number of hydrogen-bond donors (Lipinski definition) is 1. The molecular weight excluding hydrogens is 510 g/mol. The monoisotopic (exact) mass is 531 g/mol. The number of nitriles is 2. The number of carbonyl (C=O) groups excluding carboxylic acids is 1. The minimum Gasteiger partial charge on any atom is -0.497 e. The topological polar surface area (TPSA) is 104 Å². The molecule has 0 bridgehead atoms. The van der Waals surface area contributed by atoms with E-state index in [2.05, 4.69) is 27.3 Å². The molecule has 0 heterocycles. The number of nitrogens with zero attached hydrogens (tertiary/aromatic N) is 2. The van der Waals surface area contributed by atoms with Crippen LogP contribution in [-0.2, 0) is 17.9 Å². The summed E-state index contributed by atoms with van der Waals surface area (Å²) >= 11 is 3.47. The lowest BCUT2D eigenvalue weighted by atomic mass is 10.1. The van der Waals surface area contributed by atoms with Gasteiger partial charge in [0.2, 0.25) is 0 Å². The van der Waals surface area contributed by atoms with Crippen LogP contribution in [0.2, 0.25) is 0 Å². The van der Waals surface area contributed by atoms with Crippen LogP contribution in [0.3, 0.4) is 0 Å². The molecular formula is C27H22BrN3O4. The number of carbonyl (C=O) groups is 1. The zero-order valence-electron chi connectivity index (χ0n) is 19.2. The van der Waals surface area contributed by atoms with Gasteiger partial charge in [0.25, 0.3) is 5.91 Å². The summed E-state index contributed by atoms with van der Waals surface area (Å²) in [4.78, 5) is 12.6. The second-order valence-corrected chi connectivity index (χ2v) is 8.13. The number of amides is 1. The molecule has 0 aliphatic carbocycles. The van der Waals surface area contributed by atoms with Crippen molar-refractivity contribution in [2.75, 3.05) is 14.2 Å². The Kier molecular flexibility index (Phi) is 8.89. The summed E-state index contributed by atoms with van der Waals surface area (Å²) in [5.41, 5.74) is 2.69. The smallest absolute Gasteiger partial charge is 0.262 e. The highest BCUT2D eigenvalue weighted by Gasteiger charge is 2.12. The molecule has 0 fully saturated rings. The van der Waals surface area contributed by atoms with E-state index in [-0.39, 0.29) is 18.7 Å². The first-order valence-corrected chi connectivity index (χ1v) is 11.3. The van der Waals surface area contributed by atoms with Gasteiger partial charge in [0, 0.05) is 23.7 Å². The minimum absolute atomic E-state index is 0.0407. The van der Waals surface area contributed by atoms with Crippen LogP contribution in [-0.4, -0.2) is 20.1 Å². The van der Waals surface area contributed by atoms with Crippen molar-refractivity contribution in [3.05, 3.63) is 93.0 Å². The average Bonchev–Trinajstić information content (AvgIpc) is 2.89. The normalized spacial score (nSPS) is 10.6. The van der Waals surface area contributed by atoms with Gasteiger partial charge in [-0.05, 0) is 57.9 Å². The van der Waals surface area contributed by atoms with E-state index in [1.807, 2.05) is 18.2 Å². The average molecular weight is 532 g/mol. The number of nitrogens with one attached hydrogen (secondary N) is 1. The molecule has 0 aromatic heterocycles. The molecule has 0 unspecified atom stereocenters. The van der Waals surface area contributed by atoms with E-state index < -0.39 is 5.91 Å². The highest BCUT2D eigenvalue weighted by Crippen LogP contribution is 2.28. The number of rotatable bonds is 9. The molecule has 7 nitrogen and oxygen atoms in total. The van der Waals surface area contributed by atoms with Crippen molar-refractivity contribution in [2.45, 2.75) is 13.2 Å². The number of methoxy groups -OCH3 is 2. The van der Waals surface area contributed by atoms with Crippen molar-refractivity contribution < 1.29 is 19.0 Å². The Hall–Kier alpha value is -4.27. The second-order valence-electron chi connectivity index (χ2n) is 7.28. The number of halogens is 1. The molecule has 3 aromatic rings. The van der Waals surface area contributed by atoms with Crippen molar-refractivity contribution in [3.8, 4) is 29.4 Å². The Morgan fingerprint density at radius 1 is 1.00 bits per heavy atom. The molecule has 3 rings (SSSR count). The molecule has 8 heteroatoms. The summed E-state index contributed by atoms with van der Waals surface area (Å²) in [6.45, 7) is 0.420. The van der Waals surface area contributed by atoms with E-state index in [4.69, 9.17) is 14.2 Å². The van der Waals surface area contributed by atoms with Gasteiger partial charge in [-0.15, -0.1) is 0 Å². The van der Waals surface area contributed by atoms with Crippen molar-refractivity contribution in [1.29, 1.82) is 10.5 Å². The molecule has 35 heavy (non-hydrogen) atoms. The van der Waals surface area contributed by atoms with Gasteiger partial charge >= 0.3 is 0 Å². The van der Waals surface area contributed by atoms with Crippen LogP contribution in [0.15, 0.2) is 70.7 Å². The summed E-state index contributed by atoms with van der Waals surface area (Å²) in [5, 5.41) is 21.5. The Morgan fingerprint density at radius 2 is 1.80 bits per heavy atom. The third-order valence-corrected chi connectivity index (χ3v) is 5.71. The van der Waals surface area contributed by atoms with Gasteiger partial charge in [-0.3, -0.25) is 4.79 Å². The zero-order chi connectivity index (χ0) is 25.2. The molecule has 1 N–H and O–H groups in total. The molecule has 176 valence electrons. The van der Waals surface area contributed by atoms with Crippen molar-refractivity contribution >= 4 is 27.9 Å². The van der Waals surface area contributed by atoms with Gasteiger partial charge in [0.15, 0.2) is 0 Å². The van der Waals surface area contributed by atoms with Gasteiger partial charge < -0.3 is 19.5 Å². The van der Waals surface area contributed by atoms with Gasteiger partial charge in [-0.1, -0.05) is 24.3 Å². The lowest BCUT2D eigenvalue weighted by Crippen LogP contribution is -2.24. The van der Waals surface area contributed by atoms with E-state index in [9.17, 15) is 15.3 Å². The lowest BCUT2D eigenvalue weighted by Gasteiger charge is -2.11. The molecule has 0 aliphatic rings. The van der Waals surface area contributed by atoms with Crippen molar-refractivity contribution in [3.63, 3.8) is 0 Å². The van der Waals surface area contributed by atoms with E-state index in [0.29, 0.717) is 32.8 Å². The maximum Gasteiger partial charge on any atom is 0.262 e. The second kappa shape index (κ2) is 12.3. The summed E-state index contributed by atoms with van der Waals surface area (Å²) < 4.78 is 17.0. The van der Waals surface area contributed by atoms with Gasteiger partial charge in [0.05, 0.1) is 30.3 Å². The third kappa shape index (κ3) is 6.63. The highest BCUT2D eigenvalue weighted by atomic mass is 79.9. The minimum atomic E-state index is -0.505. The molecule has 0 saturated carbocycles. The number of hydrogen-bond acceptors (Lipinski definition) is 6. The first-order chi connectivity index (χ1) is 17.0. The van der Waals surface area contributed by atoms with Crippen LogP contribution in [0, 0.1) is 22.7 Å². The number of ether oxygens (including phenoxy) is 3. The third-order valence-electron chi connectivity index (χ3n) is 5.09. The van der Waals surface area contributed by atoms with Gasteiger partial charge in [-0.2, -0.15) is 10.5 Å². The molecule has 3 aromatic carbocycles. The van der Waals surface area contributed by atoms with Crippen molar-refractivity contribution in [1.82, 2.24) is 5.32 Å². The molecule has 0 radical (unpaired) electrons. The first kappa shape index (κ1) is 25.4. The number of benzene rings is 3. The maximum absolute atomic E-state index is 12.6. The lowest BCUT2D eigenvalue weighted by molar-refractivity contribution is -0.117. The van der Waals surface area contributed by atoms with E-state index in [1.165, 1.54) is 13.2 Å². The maximum atomic E-state index is 12.6. The Labute approximate surface area is 212 Å². The van der Waals surface area contributed by atoms with Gasteiger partial charge in [0.1, 0.15) is 35.5 Å². The molecule has 0 saturated heterocycles. The first-order valence-electron chi connectivity index (χ1n) is 10.5. The van der Waals surface area contributed by atoms with E-state index in [0.717, 1.165) is 11.1 Å². The predicted octanol–water partition coefficient (Wildman–Crippen LogP) is 5.14. The van der Waals surface area contributed by atoms with Crippen molar-refractivity contribution in [2.24, 2.45) is 0 Å². The zero-order valence-corrected chi connectivity index (χ0v) is 20.8. The molecule has 0 atom stereocenters. The Balaban J connectivity index is 1.68. The Morgan fingerprint density at radius 3 is 2.49 bits per heavy atom. The molecule has 0 aliphatic heterocycles. The van der Waals surface area contributed by atoms with Crippen LogP contribution in [0.1, 0.15) is 22.3 Å². The van der Waals surface area contributed by atoms with Crippen LogP contribution < -0.4 is 19.5 Å². The quantitative estimate of drug-likeness (QED) is 0.302. The highest BCUT2D eigenvalue weighted by molar-refractivity contribution is 9.10. The summed E-state index contributed by atoms with van der Waals surface area (Å²) in [6, 6.07) is 21.8. The summed E-state index contributed by atoms with van der Waals surface area (Å²) in [6.07, 6.45) is 1.50. The SMILES string of the molecule is COc1ccc(CNC(=O)/C(C#N)=C/c2ccc(OCc3ccccc3C#N)c(Br)c2)c(OC)c1. The van der Waals surface area contributed by atoms with Crippen LogP contribution in [0.25, 0.3) is 6.08 Å². The fraction of sp³-hybridized carbons (Fsp3) is 0.148. The largest absolute Gasteiger partial charge is 0.497 e. The predicted molar refractivity (Wildman–Crippen MR) is 135 cm³/mol.